The van der Waals surface area contributed by atoms with Crippen molar-refractivity contribution in [2.45, 2.75) is 6.04 Å². The summed E-state index contributed by atoms with van der Waals surface area (Å²) < 4.78 is 3.07. The molecule has 0 unspecified atom stereocenters. The van der Waals surface area contributed by atoms with E-state index in [0.29, 0.717) is 11.1 Å². The van der Waals surface area contributed by atoms with Crippen LogP contribution in [0.1, 0.15) is 20.7 Å². The highest BCUT2D eigenvalue weighted by Crippen LogP contribution is 2.30. The second kappa shape index (κ2) is 9.39. The molecule has 0 radical (unpaired) electrons. The summed E-state index contributed by atoms with van der Waals surface area (Å²) in [6.45, 7) is 1.54. The summed E-state index contributed by atoms with van der Waals surface area (Å²) in [5, 5.41) is 12.6. The van der Waals surface area contributed by atoms with Gasteiger partial charge in [0.05, 0.1) is 22.0 Å². The second-order valence-corrected chi connectivity index (χ2v) is 8.73. The van der Waals surface area contributed by atoms with Gasteiger partial charge in [0.1, 0.15) is 0 Å². The van der Waals surface area contributed by atoms with Crippen molar-refractivity contribution < 1.29 is 19.5 Å². The summed E-state index contributed by atoms with van der Waals surface area (Å²) in [6.07, 6.45) is 1.99. The monoisotopic (exact) mass is 465 g/mol. The van der Waals surface area contributed by atoms with Crippen LogP contribution in [0, 0.1) is 0 Å². The molecular weight excluding hydrogens is 442 g/mol. The average molecular weight is 466 g/mol. The Labute approximate surface area is 193 Å². The quantitative estimate of drug-likeness (QED) is 0.399. The first kappa shape index (κ1) is 22.4. The van der Waals surface area contributed by atoms with Crippen molar-refractivity contribution in [2.24, 2.45) is 0 Å². The summed E-state index contributed by atoms with van der Waals surface area (Å²) in [4.78, 5) is 40.4. The highest BCUT2D eigenvalue weighted by Gasteiger charge is 2.25. The number of nitrogens with zero attached hydrogens (tertiary/aromatic N) is 3. The first-order valence-corrected chi connectivity index (χ1v) is 11.1. The van der Waals surface area contributed by atoms with Crippen LogP contribution in [0.5, 0.6) is 0 Å². The molecule has 0 atom stereocenters. The van der Waals surface area contributed by atoms with E-state index in [9.17, 15) is 9.59 Å². The van der Waals surface area contributed by atoms with Gasteiger partial charge in [-0.05, 0) is 37.4 Å². The standard InChI is InChI=1S/C22H21N5O2S.CH2O2/c1-23-20(28)14-5-3-13(4-6-14)17-12-27-18-8-7-15(9-19(18)30-22(27)25-17)21(29)24-16-10-26(2)11-16;2-1-3/h3-9,12,16H,10-11H2,1-2H3,(H,23,28)(H,24,29);1H,(H,2,3). The maximum atomic E-state index is 12.5. The van der Waals surface area contributed by atoms with Crippen LogP contribution in [0.4, 0.5) is 0 Å². The fourth-order valence-corrected chi connectivity index (χ4v) is 4.82. The van der Waals surface area contributed by atoms with E-state index >= 15 is 0 Å². The fourth-order valence-electron chi connectivity index (χ4n) is 3.78. The molecule has 3 heterocycles. The highest BCUT2D eigenvalue weighted by atomic mass is 32.1. The summed E-state index contributed by atoms with van der Waals surface area (Å²) in [6, 6.07) is 13.4. The number of hydrogen-bond acceptors (Lipinski definition) is 6. The maximum absolute atomic E-state index is 12.5. The minimum Gasteiger partial charge on any atom is -0.483 e. The third kappa shape index (κ3) is 4.57. The third-order valence-electron chi connectivity index (χ3n) is 5.43. The third-order valence-corrected chi connectivity index (χ3v) is 6.44. The molecule has 1 aliphatic heterocycles. The molecule has 1 fully saturated rings. The van der Waals surface area contributed by atoms with E-state index in [0.717, 1.165) is 39.5 Å². The zero-order valence-electron chi connectivity index (χ0n) is 18.1. The van der Waals surface area contributed by atoms with Crippen molar-refractivity contribution >= 4 is 44.8 Å². The molecule has 4 aromatic rings. The first-order valence-electron chi connectivity index (χ1n) is 10.2. The molecule has 2 aromatic heterocycles. The van der Waals surface area contributed by atoms with Crippen LogP contribution in [0.25, 0.3) is 26.4 Å². The Bertz CT molecular complexity index is 1320. The summed E-state index contributed by atoms with van der Waals surface area (Å²) in [7, 11) is 3.66. The van der Waals surface area contributed by atoms with Crippen LogP contribution in [0.15, 0.2) is 48.7 Å². The number of carbonyl (C=O) groups excluding carboxylic acids is 2. The molecular formula is C23H23N5O4S. The Morgan fingerprint density at radius 2 is 1.79 bits per heavy atom. The lowest BCUT2D eigenvalue weighted by molar-refractivity contribution is -0.122. The number of carboxylic acid groups (broad SMARTS) is 1. The van der Waals surface area contributed by atoms with Gasteiger partial charge in [0.25, 0.3) is 18.3 Å². The molecule has 3 N–H and O–H groups in total. The normalized spacial score (nSPS) is 13.8. The molecule has 2 aromatic carbocycles. The zero-order chi connectivity index (χ0) is 23.5. The number of likely N-dealkylation sites (tertiary alicyclic amines) is 1. The second-order valence-electron chi connectivity index (χ2n) is 7.72. The van der Waals surface area contributed by atoms with Crippen molar-refractivity contribution in [1.29, 1.82) is 0 Å². The summed E-state index contributed by atoms with van der Waals surface area (Å²) in [5.41, 5.74) is 4.12. The molecule has 0 bridgehead atoms. The van der Waals surface area contributed by atoms with Crippen LogP contribution >= 0.6 is 11.3 Å². The molecule has 2 amide bonds. The van der Waals surface area contributed by atoms with E-state index in [1.165, 1.54) is 0 Å². The molecule has 5 rings (SSSR count). The minimum atomic E-state index is -0.250. The number of imidazole rings is 1. The lowest BCUT2D eigenvalue weighted by Gasteiger charge is -2.36. The van der Waals surface area contributed by atoms with Gasteiger partial charge in [-0.25, -0.2) is 4.98 Å². The molecule has 0 aliphatic carbocycles. The van der Waals surface area contributed by atoms with Gasteiger partial charge in [-0.1, -0.05) is 23.5 Å². The number of fused-ring (bicyclic) bond motifs is 3. The van der Waals surface area contributed by atoms with E-state index in [1.54, 1.807) is 30.5 Å². The smallest absolute Gasteiger partial charge is 0.290 e. The Morgan fingerprint density at radius 3 is 2.42 bits per heavy atom. The molecule has 170 valence electrons. The van der Waals surface area contributed by atoms with Crippen molar-refractivity contribution in [3.8, 4) is 11.3 Å². The number of likely N-dealkylation sites (N-methyl/N-ethyl adjacent to an activating group) is 1. The SMILES string of the molecule is CNC(=O)c1ccc(-c2cn3c(n2)sc2cc(C(=O)NC4CN(C)C4)ccc23)cc1.O=CO. The van der Waals surface area contributed by atoms with Gasteiger partial charge in [-0.2, -0.15) is 0 Å². The van der Waals surface area contributed by atoms with Gasteiger partial charge in [0.15, 0.2) is 4.96 Å². The van der Waals surface area contributed by atoms with Crippen molar-refractivity contribution in [3.05, 3.63) is 59.8 Å². The molecule has 10 heteroatoms. The fraction of sp³-hybridized carbons (Fsp3) is 0.217. The highest BCUT2D eigenvalue weighted by molar-refractivity contribution is 7.23. The van der Waals surface area contributed by atoms with Gasteiger partial charge in [0, 0.05) is 43.0 Å². The van der Waals surface area contributed by atoms with Crippen LogP contribution in [-0.2, 0) is 4.79 Å². The lowest BCUT2D eigenvalue weighted by atomic mass is 10.1. The number of amides is 2. The molecule has 0 spiro atoms. The van der Waals surface area contributed by atoms with Crippen molar-refractivity contribution in [2.75, 3.05) is 27.2 Å². The predicted octanol–water partition coefficient (Wildman–Crippen LogP) is 2.32. The Morgan fingerprint density at radius 1 is 1.12 bits per heavy atom. The van der Waals surface area contributed by atoms with Crippen molar-refractivity contribution in [1.82, 2.24) is 24.9 Å². The molecule has 0 saturated carbocycles. The predicted molar refractivity (Wildman–Crippen MR) is 127 cm³/mol. The van der Waals surface area contributed by atoms with E-state index in [2.05, 4.69) is 15.5 Å². The number of rotatable bonds is 4. The average Bonchev–Trinajstić information content (AvgIpc) is 3.35. The zero-order valence-corrected chi connectivity index (χ0v) is 18.9. The lowest BCUT2D eigenvalue weighted by Crippen LogP contribution is -2.57. The van der Waals surface area contributed by atoms with Gasteiger partial charge in [0.2, 0.25) is 0 Å². The van der Waals surface area contributed by atoms with Gasteiger partial charge >= 0.3 is 0 Å². The van der Waals surface area contributed by atoms with E-state index in [4.69, 9.17) is 14.9 Å². The van der Waals surface area contributed by atoms with Crippen LogP contribution < -0.4 is 10.6 Å². The maximum Gasteiger partial charge on any atom is 0.290 e. The number of nitrogens with one attached hydrogen (secondary N) is 2. The van der Waals surface area contributed by atoms with E-state index < -0.39 is 0 Å². The number of carbonyl (C=O) groups is 3. The first-order chi connectivity index (χ1) is 15.9. The van der Waals surface area contributed by atoms with E-state index in [1.807, 2.05) is 48.0 Å². The number of aromatic nitrogens is 2. The minimum absolute atomic E-state index is 0.0297. The van der Waals surface area contributed by atoms with Crippen LogP contribution in [0.2, 0.25) is 0 Å². The largest absolute Gasteiger partial charge is 0.483 e. The Kier molecular flexibility index (Phi) is 6.38. The number of thiazole rings is 1. The summed E-state index contributed by atoms with van der Waals surface area (Å²) >= 11 is 1.56. The number of benzene rings is 2. The van der Waals surface area contributed by atoms with Crippen LogP contribution in [-0.4, -0.2) is 70.9 Å². The molecule has 9 nitrogen and oxygen atoms in total. The van der Waals surface area contributed by atoms with Gasteiger partial charge in [-0.3, -0.25) is 18.8 Å². The van der Waals surface area contributed by atoms with Crippen LogP contribution in [0.3, 0.4) is 0 Å². The summed E-state index contributed by atoms with van der Waals surface area (Å²) in [5.74, 6) is -0.138. The van der Waals surface area contributed by atoms with Gasteiger partial charge in [-0.15, -0.1) is 0 Å². The van der Waals surface area contributed by atoms with Gasteiger partial charge < -0.3 is 20.6 Å². The molecule has 1 aliphatic rings. The number of hydrogen-bond donors (Lipinski definition) is 3. The Balaban J connectivity index is 0.000000821. The molecule has 1 saturated heterocycles. The van der Waals surface area contributed by atoms with E-state index in [-0.39, 0.29) is 24.3 Å². The van der Waals surface area contributed by atoms with Crippen molar-refractivity contribution in [3.63, 3.8) is 0 Å². The topological polar surface area (TPSA) is 116 Å². The molecule has 33 heavy (non-hydrogen) atoms. The Hall–Kier alpha value is -3.76.